The molecule has 1 N–H and O–H groups in total. The molecule has 3 amide bonds. The topological polar surface area (TPSA) is 52.7 Å². The first-order chi connectivity index (χ1) is 13.7. The maximum Gasteiger partial charge on any atom is 0.325 e. The Labute approximate surface area is 175 Å². The smallest absolute Gasteiger partial charge is 0.323 e. The fourth-order valence-electron chi connectivity index (χ4n) is 6.36. The molecule has 0 aromatic rings. The van der Waals surface area contributed by atoms with Gasteiger partial charge in [-0.3, -0.25) is 14.6 Å². The first-order valence-corrected chi connectivity index (χ1v) is 11.4. The normalized spacial score (nSPS) is 34.6. The number of likely N-dealkylation sites (tertiary alicyclic amines) is 1. The minimum absolute atomic E-state index is 0.0521. The third-order valence-corrected chi connectivity index (χ3v) is 8.46. The molecule has 2 bridgehead atoms. The van der Waals surface area contributed by atoms with E-state index in [4.69, 9.17) is 0 Å². The van der Waals surface area contributed by atoms with E-state index in [0.717, 1.165) is 49.9 Å². The van der Waals surface area contributed by atoms with Gasteiger partial charge < -0.3 is 5.32 Å². The van der Waals surface area contributed by atoms with Crippen LogP contribution in [0.25, 0.3) is 0 Å². The molecule has 5 rings (SSSR count). The first kappa shape index (κ1) is 20.6. The number of carbonyl (C=O) groups is 2. The molecule has 5 nitrogen and oxygen atoms in total. The third kappa shape index (κ3) is 3.26. The van der Waals surface area contributed by atoms with Gasteiger partial charge in [-0.1, -0.05) is 44.6 Å². The van der Waals surface area contributed by atoms with E-state index in [1.165, 1.54) is 17.7 Å². The number of carbonyl (C=O) groups excluding carboxylic acids is 2. The number of piperidine rings is 1. The van der Waals surface area contributed by atoms with E-state index in [1.807, 2.05) is 13.8 Å². The van der Waals surface area contributed by atoms with Gasteiger partial charge in [-0.2, -0.15) is 0 Å². The van der Waals surface area contributed by atoms with Gasteiger partial charge in [0.2, 0.25) is 0 Å². The molecule has 0 aromatic carbocycles. The van der Waals surface area contributed by atoms with Gasteiger partial charge >= 0.3 is 6.03 Å². The Bertz CT molecular complexity index is 747. The Kier molecular flexibility index (Phi) is 5.17. The summed E-state index contributed by atoms with van der Waals surface area (Å²) < 4.78 is 0. The monoisotopic (exact) mass is 399 g/mol. The number of hydrogen-bond acceptors (Lipinski definition) is 3. The second-order valence-corrected chi connectivity index (χ2v) is 10.5. The van der Waals surface area contributed by atoms with Gasteiger partial charge in [0.15, 0.2) is 0 Å². The SMILES string of the molecule is C=C(C)CN1C(=O)N[C@@](CC)(C2CCN(CC3=CC[C@H]4C[C@@H]3C4(C)C)CC2)C1=O. The van der Waals surface area contributed by atoms with Crippen molar-refractivity contribution < 1.29 is 9.59 Å². The van der Waals surface area contributed by atoms with Crippen LogP contribution in [0.15, 0.2) is 23.8 Å². The predicted octanol–water partition coefficient (Wildman–Crippen LogP) is 3.97. The average Bonchev–Trinajstić information content (AvgIpc) is 2.93. The second-order valence-electron chi connectivity index (χ2n) is 10.5. The predicted molar refractivity (Wildman–Crippen MR) is 115 cm³/mol. The minimum Gasteiger partial charge on any atom is -0.323 e. The molecular weight excluding hydrogens is 362 g/mol. The molecule has 0 unspecified atom stereocenters. The summed E-state index contributed by atoms with van der Waals surface area (Å²) in [6.07, 6.45) is 7.69. The van der Waals surface area contributed by atoms with Crippen LogP contribution >= 0.6 is 0 Å². The first-order valence-electron chi connectivity index (χ1n) is 11.4. The van der Waals surface area contributed by atoms with Crippen LogP contribution in [0.2, 0.25) is 0 Å². The number of fused-ring (bicyclic) bond motifs is 1. The highest BCUT2D eigenvalue weighted by Crippen LogP contribution is 2.59. The van der Waals surface area contributed by atoms with Gasteiger partial charge in [0.05, 0.1) is 6.54 Å². The van der Waals surface area contributed by atoms with Crippen molar-refractivity contribution in [2.45, 2.75) is 65.3 Å². The van der Waals surface area contributed by atoms with Crippen LogP contribution in [-0.4, -0.2) is 53.5 Å². The molecule has 2 heterocycles. The van der Waals surface area contributed by atoms with E-state index in [-0.39, 0.29) is 17.9 Å². The summed E-state index contributed by atoms with van der Waals surface area (Å²) in [5, 5.41) is 3.08. The highest BCUT2D eigenvalue weighted by atomic mass is 16.2. The second kappa shape index (κ2) is 7.26. The van der Waals surface area contributed by atoms with Gasteiger partial charge in [-0.15, -0.1) is 0 Å². The number of allylic oxidation sites excluding steroid dienone is 1. The van der Waals surface area contributed by atoms with Crippen LogP contribution in [0.4, 0.5) is 4.79 Å². The zero-order valence-electron chi connectivity index (χ0n) is 18.6. The van der Waals surface area contributed by atoms with Crippen molar-refractivity contribution in [1.82, 2.24) is 15.1 Å². The van der Waals surface area contributed by atoms with Crippen LogP contribution in [0.3, 0.4) is 0 Å². The molecule has 0 radical (unpaired) electrons. The Morgan fingerprint density at radius 3 is 2.48 bits per heavy atom. The van der Waals surface area contributed by atoms with Crippen LogP contribution in [0, 0.1) is 23.2 Å². The number of hydrogen-bond donors (Lipinski definition) is 1. The number of amides is 3. The van der Waals surface area contributed by atoms with Gasteiger partial charge in [-0.25, -0.2) is 4.79 Å². The Morgan fingerprint density at radius 1 is 1.24 bits per heavy atom. The molecule has 3 atom stereocenters. The van der Waals surface area contributed by atoms with Crippen LogP contribution in [0.1, 0.15) is 59.8 Å². The number of nitrogens with zero attached hydrogens (tertiary/aromatic N) is 2. The molecule has 3 aliphatic carbocycles. The van der Waals surface area contributed by atoms with Crippen LogP contribution in [0.5, 0.6) is 0 Å². The van der Waals surface area contributed by atoms with E-state index in [1.54, 1.807) is 5.57 Å². The van der Waals surface area contributed by atoms with Crippen LogP contribution in [-0.2, 0) is 4.79 Å². The lowest BCUT2D eigenvalue weighted by Gasteiger charge is -2.57. The Morgan fingerprint density at radius 2 is 1.93 bits per heavy atom. The molecule has 0 aromatic heterocycles. The molecule has 29 heavy (non-hydrogen) atoms. The number of imide groups is 1. The van der Waals surface area contributed by atoms with Gasteiger partial charge in [0.25, 0.3) is 5.91 Å². The van der Waals surface area contributed by atoms with Crippen molar-refractivity contribution in [1.29, 1.82) is 0 Å². The summed E-state index contributed by atoms with van der Waals surface area (Å²) in [4.78, 5) is 29.6. The van der Waals surface area contributed by atoms with E-state index in [9.17, 15) is 9.59 Å². The number of nitrogens with one attached hydrogen (secondary N) is 1. The summed E-state index contributed by atoms with van der Waals surface area (Å²) in [5.41, 5.74) is 2.21. The van der Waals surface area contributed by atoms with Gasteiger partial charge in [-0.05, 0) is 75.3 Å². The lowest BCUT2D eigenvalue weighted by molar-refractivity contribution is -0.133. The lowest BCUT2D eigenvalue weighted by atomic mass is 9.49. The molecule has 5 heteroatoms. The number of urea groups is 1. The van der Waals surface area contributed by atoms with Crippen molar-refractivity contribution in [2.24, 2.45) is 23.2 Å². The zero-order chi connectivity index (χ0) is 21.0. The van der Waals surface area contributed by atoms with Gasteiger partial charge in [0, 0.05) is 6.54 Å². The summed E-state index contributed by atoms with van der Waals surface area (Å²) in [6.45, 7) is 16.0. The quantitative estimate of drug-likeness (QED) is 0.543. The summed E-state index contributed by atoms with van der Waals surface area (Å²) in [7, 11) is 0. The van der Waals surface area contributed by atoms with Crippen molar-refractivity contribution in [3.8, 4) is 0 Å². The highest BCUT2D eigenvalue weighted by molar-refractivity contribution is 6.07. The fraction of sp³-hybridized carbons (Fsp3) is 0.750. The number of rotatable bonds is 6. The average molecular weight is 400 g/mol. The molecular formula is C24H37N3O2. The lowest BCUT2D eigenvalue weighted by Crippen LogP contribution is -2.56. The minimum atomic E-state index is -0.730. The molecule has 1 saturated carbocycles. The molecule has 0 spiro atoms. The van der Waals surface area contributed by atoms with E-state index >= 15 is 0 Å². The Balaban J connectivity index is 1.39. The molecule has 2 saturated heterocycles. The van der Waals surface area contributed by atoms with E-state index in [2.05, 4.69) is 36.7 Å². The van der Waals surface area contributed by atoms with Crippen molar-refractivity contribution in [3.63, 3.8) is 0 Å². The van der Waals surface area contributed by atoms with E-state index < -0.39 is 5.54 Å². The fourth-order valence-corrected chi connectivity index (χ4v) is 6.36. The van der Waals surface area contributed by atoms with Crippen molar-refractivity contribution >= 4 is 11.9 Å². The van der Waals surface area contributed by atoms with Gasteiger partial charge in [0.1, 0.15) is 5.54 Å². The zero-order valence-corrected chi connectivity index (χ0v) is 18.6. The van der Waals surface area contributed by atoms with Crippen LogP contribution < -0.4 is 5.32 Å². The molecule has 3 fully saturated rings. The Hall–Kier alpha value is -1.62. The highest BCUT2D eigenvalue weighted by Gasteiger charge is 2.55. The summed E-state index contributed by atoms with van der Waals surface area (Å²) in [5.74, 6) is 1.79. The largest absolute Gasteiger partial charge is 0.325 e. The molecule has 160 valence electrons. The van der Waals surface area contributed by atoms with Crippen molar-refractivity contribution in [2.75, 3.05) is 26.2 Å². The molecule has 2 aliphatic heterocycles. The molecule has 5 aliphatic rings. The third-order valence-electron chi connectivity index (χ3n) is 8.46. The standard InChI is InChI=1S/C24H37N3O2/c1-6-24(21(28)27(14-16(2)3)22(29)25-24)18-9-11-26(12-10-18)15-17-7-8-19-13-20(17)23(19,4)5/h7,18-20H,2,6,8-15H2,1,3-5H3,(H,25,29)/t19-,20-,24-/m0/s1. The maximum atomic E-state index is 13.2. The summed E-state index contributed by atoms with van der Waals surface area (Å²) >= 11 is 0. The van der Waals surface area contributed by atoms with Crippen molar-refractivity contribution in [3.05, 3.63) is 23.8 Å². The maximum absolute atomic E-state index is 13.2. The summed E-state index contributed by atoms with van der Waals surface area (Å²) in [6, 6.07) is -0.253. The van der Waals surface area contributed by atoms with E-state index in [0.29, 0.717) is 18.4 Å².